The third-order valence-electron chi connectivity index (χ3n) is 1.62. The van der Waals surface area contributed by atoms with Gasteiger partial charge in [-0.3, -0.25) is 4.79 Å². The van der Waals surface area contributed by atoms with Crippen LogP contribution in [-0.4, -0.2) is 5.97 Å². The molecular formula is C8H5FO2. The van der Waals surface area contributed by atoms with Gasteiger partial charge in [-0.05, 0) is 12.1 Å². The van der Waals surface area contributed by atoms with Gasteiger partial charge in [-0.2, -0.15) is 0 Å². The largest absolute Gasteiger partial charge is 0.426 e. The molecule has 0 N–H and O–H groups in total. The predicted octanol–water partition coefficient (Wildman–Crippen LogP) is 1.29. The van der Waals surface area contributed by atoms with Crippen molar-refractivity contribution >= 4 is 5.97 Å². The number of carbonyl (C=O) groups excluding carboxylic acids is 1. The van der Waals surface area contributed by atoms with E-state index in [2.05, 4.69) is 0 Å². The minimum Gasteiger partial charge on any atom is -0.426 e. The van der Waals surface area contributed by atoms with Crippen molar-refractivity contribution in [3.05, 3.63) is 29.6 Å². The number of carbonyl (C=O) groups is 1. The zero-order chi connectivity index (χ0) is 7.84. The Morgan fingerprint density at radius 3 is 3.00 bits per heavy atom. The van der Waals surface area contributed by atoms with Gasteiger partial charge in [0, 0.05) is 5.56 Å². The van der Waals surface area contributed by atoms with E-state index in [1.807, 2.05) is 0 Å². The first-order valence-corrected chi connectivity index (χ1v) is 3.25. The fourth-order valence-corrected chi connectivity index (χ4v) is 1.11. The van der Waals surface area contributed by atoms with Crippen molar-refractivity contribution in [1.82, 2.24) is 0 Å². The van der Waals surface area contributed by atoms with Crippen LogP contribution >= 0.6 is 0 Å². The highest BCUT2D eigenvalue weighted by atomic mass is 19.1. The first-order valence-electron chi connectivity index (χ1n) is 3.25. The quantitative estimate of drug-likeness (QED) is 0.413. The Morgan fingerprint density at radius 1 is 1.45 bits per heavy atom. The lowest BCUT2D eigenvalue weighted by Crippen LogP contribution is -2.00. The van der Waals surface area contributed by atoms with Gasteiger partial charge < -0.3 is 4.74 Å². The SMILES string of the molecule is O=C1Cc2c(F)cccc2O1. The second kappa shape index (κ2) is 2.05. The van der Waals surface area contributed by atoms with Gasteiger partial charge in [0.05, 0.1) is 6.42 Å². The molecule has 11 heavy (non-hydrogen) atoms. The van der Waals surface area contributed by atoms with Gasteiger partial charge in [-0.25, -0.2) is 4.39 Å². The Balaban J connectivity index is 2.57. The zero-order valence-corrected chi connectivity index (χ0v) is 5.63. The molecule has 2 nitrogen and oxygen atoms in total. The average molecular weight is 152 g/mol. The molecule has 1 aliphatic rings. The number of hydrogen-bond donors (Lipinski definition) is 0. The first-order chi connectivity index (χ1) is 5.27. The molecule has 0 saturated carbocycles. The maximum absolute atomic E-state index is 12.8. The highest BCUT2D eigenvalue weighted by Gasteiger charge is 2.22. The van der Waals surface area contributed by atoms with E-state index < -0.39 is 0 Å². The van der Waals surface area contributed by atoms with Gasteiger partial charge in [0.15, 0.2) is 0 Å². The number of fused-ring (bicyclic) bond motifs is 1. The summed E-state index contributed by atoms with van der Waals surface area (Å²) in [6, 6.07) is 4.43. The maximum Gasteiger partial charge on any atom is 0.315 e. The molecule has 0 bridgehead atoms. The standard InChI is InChI=1S/C8H5FO2/c9-6-2-1-3-7-5(6)4-8(10)11-7/h1-3H,4H2. The molecule has 0 aliphatic carbocycles. The smallest absolute Gasteiger partial charge is 0.315 e. The fourth-order valence-electron chi connectivity index (χ4n) is 1.11. The number of benzene rings is 1. The van der Waals surface area contributed by atoms with E-state index in [0.29, 0.717) is 11.3 Å². The second-order valence-corrected chi connectivity index (χ2v) is 2.37. The number of ether oxygens (including phenoxy) is 1. The molecule has 0 aromatic heterocycles. The molecule has 0 unspecified atom stereocenters. The summed E-state index contributed by atoms with van der Waals surface area (Å²) in [5, 5.41) is 0. The molecule has 0 saturated heterocycles. The summed E-state index contributed by atoms with van der Waals surface area (Å²) in [6.07, 6.45) is 0.0575. The Kier molecular flexibility index (Phi) is 1.18. The molecule has 1 aliphatic heterocycles. The van der Waals surface area contributed by atoms with E-state index in [1.165, 1.54) is 12.1 Å². The number of hydrogen-bond acceptors (Lipinski definition) is 2. The fraction of sp³-hybridized carbons (Fsp3) is 0.125. The van der Waals surface area contributed by atoms with Crippen LogP contribution in [0.5, 0.6) is 5.75 Å². The summed E-state index contributed by atoms with van der Waals surface area (Å²) in [6.45, 7) is 0. The normalized spacial score (nSPS) is 14.5. The van der Waals surface area contributed by atoms with Crippen molar-refractivity contribution in [2.75, 3.05) is 0 Å². The van der Waals surface area contributed by atoms with Crippen LogP contribution in [0.1, 0.15) is 5.56 Å². The zero-order valence-electron chi connectivity index (χ0n) is 5.63. The van der Waals surface area contributed by atoms with Crippen molar-refractivity contribution in [2.45, 2.75) is 6.42 Å². The van der Waals surface area contributed by atoms with Gasteiger partial charge in [0.25, 0.3) is 0 Å². The first kappa shape index (κ1) is 6.34. The summed E-state index contributed by atoms with van der Waals surface area (Å²) in [5.41, 5.74) is 0.373. The van der Waals surface area contributed by atoms with Crippen molar-refractivity contribution in [3.63, 3.8) is 0 Å². The summed E-state index contributed by atoms with van der Waals surface area (Å²) in [7, 11) is 0. The van der Waals surface area contributed by atoms with E-state index in [4.69, 9.17) is 4.74 Å². The third-order valence-corrected chi connectivity index (χ3v) is 1.62. The van der Waals surface area contributed by atoms with Crippen molar-refractivity contribution in [3.8, 4) is 5.75 Å². The van der Waals surface area contributed by atoms with Crippen molar-refractivity contribution in [2.24, 2.45) is 0 Å². The molecule has 0 spiro atoms. The summed E-state index contributed by atoms with van der Waals surface area (Å²) in [5.74, 6) is -0.395. The van der Waals surface area contributed by atoms with Crippen molar-refractivity contribution < 1.29 is 13.9 Å². The summed E-state index contributed by atoms with van der Waals surface area (Å²) < 4.78 is 17.5. The molecule has 1 heterocycles. The van der Waals surface area contributed by atoms with E-state index >= 15 is 0 Å². The third kappa shape index (κ3) is 0.888. The van der Waals surface area contributed by atoms with Crippen LogP contribution in [0.15, 0.2) is 18.2 Å². The van der Waals surface area contributed by atoms with Gasteiger partial charge in [-0.1, -0.05) is 6.07 Å². The van der Waals surface area contributed by atoms with Crippen LogP contribution in [-0.2, 0) is 11.2 Å². The number of rotatable bonds is 0. The molecular weight excluding hydrogens is 147 g/mol. The van der Waals surface area contributed by atoms with Gasteiger partial charge in [-0.15, -0.1) is 0 Å². The van der Waals surface area contributed by atoms with E-state index in [9.17, 15) is 9.18 Å². The molecule has 0 radical (unpaired) electrons. The summed E-state index contributed by atoms with van der Waals surface area (Å²) >= 11 is 0. The van der Waals surface area contributed by atoms with E-state index in [0.717, 1.165) is 0 Å². The van der Waals surface area contributed by atoms with Crippen molar-refractivity contribution in [1.29, 1.82) is 0 Å². The van der Waals surface area contributed by atoms with E-state index in [-0.39, 0.29) is 18.2 Å². The Bertz CT molecular complexity index is 320. The van der Waals surface area contributed by atoms with Crippen LogP contribution in [0.25, 0.3) is 0 Å². The minimum atomic E-state index is -0.384. The second-order valence-electron chi connectivity index (χ2n) is 2.37. The number of halogens is 1. The minimum absolute atomic E-state index is 0.0575. The Labute approximate surface area is 62.6 Å². The number of esters is 1. The average Bonchev–Trinajstić information content (AvgIpc) is 2.31. The molecule has 0 amide bonds. The molecule has 0 atom stereocenters. The van der Waals surface area contributed by atoms with Crippen LogP contribution in [0.3, 0.4) is 0 Å². The highest BCUT2D eigenvalue weighted by molar-refractivity contribution is 5.80. The van der Waals surface area contributed by atoms with Crippen LogP contribution in [0, 0.1) is 5.82 Å². The van der Waals surface area contributed by atoms with Crippen LogP contribution in [0.2, 0.25) is 0 Å². The highest BCUT2D eigenvalue weighted by Crippen LogP contribution is 2.27. The topological polar surface area (TPSA) is 26.3 Å². The molecule has 1 aromatic carbocycles. The molecule has 0 fully saturated rings. The van der Waals surface area contributed by atoms with Crippen LogP contribution in [0.4, 0.5) is 4.39 Å². The monoisotopic (exact) mass is 152 g/mol. The Hall–Kier alpha value is -1.38. The molecule has 1 aromatic rings. The van der Waals surface area contributed by atoms with Crippen LogP contribution < -0.4 is 4.74 Å². The van der Waals surface area contributed by atoms with Gasteiger partial charge in [0.2, 0.25) is 0 Å². The molecule has 3 heteroatoms. The summed E-state index contributed by atoms with van der Waals surface area (Å²) in [4.78, 5) is 10.7. The lowest BCUT2D eigenvalue weighted by Gasteiger charge is -1.94. The molecule has 2 rings (SSSR count). The van der Waals surface area contributed by atoms with Gasteiger partial charge in [0.1, 0.15) is 11.6 Å². The van der Waals surface area contributed by atoms with Gasteiger partial charge >= 0.3 is 5.97 Å². The van der Waals surface area contributed by atoms with E-state index in [1.54, 1.807) is 6.07 Å². The Morgan fingerprint density at radius 2 is 2.27 bits per heavy atom. The molecule has 56 valence electrons. The lowest BCUT2D eigenvalue weighted by molar-refractivity contribution is -0.131. The maximum atomic E-state index is 12.8. The lowest BCUT2D eigenvalue weighted by atomic mass is 10.1. The predicted molar refractivity (Wildman–Crippen MR) is 35.7 cm³/mol.